The van der Waals surface area contributed by atoms with Gasteiger partial charge in [0.1, 0.15) is 0 Å². The van der Waals surface area contributed by atoms with E-state index in [1.165, 1.54) is 12.1 Å². The number of benzene rings is 1. The fourth-order valence-corrected chi connectivity index (χ4v) is 1.78. The fraction of sp³-hybridized carbons (Fsp3) is 0.400. The molecule has 0 fully saturated rings. The summed E-state index contributed by atoms with van der Waals surface area (Å²) in [5.74, 6) is -2.13. The Labute approximate surface area is 96.1 Å². The SMILES string of the molecule is NCC(F)(F)Cc1cc(Cl)c2c(c1)OCO2. The van der Waals surface area contributed by atoms with Gasteiger partial charge in [-0.05, 0) is 17.7 Å². The Hall–Kier alpha value is -1.07. The zero-order valence-corrected chi connectivity index (χ0v) is 9.06. The lowest BCUT2D eigenvalue weighted by molar-refractivity contribution is 0.0115. The maximum Gasteiger partial charge on any atom is 0.264 e. The van der Waals surface area contributed by atoms with Crippen LogP contribution in [0.3, 0.4) is 0 Å². The van der Waals surface area contributed by atoms with Gasteiger partial charge < -0.3 is 15.2 Å². The van der Waals surface area contributed by atoms with Crippen molar-refractivity contribution in [1.82, 2.24) is 0 Å². The monoisotopic (exact) mass is 249 g/mol. The summed E-state index contributed by atoms with van der Waals surface area (Å²) in [7, 11) is 0. The van der Waals surface area contributed by atoms with Crippen LogP contribution in [0.4, 0.5) is 8.78 Å². The van der Waals surface area contributed by atoms with Crippen molar-refractivity contribution in [3.05, 3.63) is 22.7 Å². The third-order valence-electron chi connectivity index (χ3n) is 2.25. The molecule has 0 saturated carbocycles. The first-order valence-corrected chi connectivity index (χ1v) is 5.05. The molecule has 0 spiro atoms. The molecule has 0 atom stereocenters. The quantitative estimate of drug-likeness (QED) is 0.893. The molecular formula is C10H10ClF2NO2. The van der Waals surface area contributed by atoms with Crippen molar-refractivity contribution in [2.75, 3.05) is 13.3 Å². The van der Waals surface area contributed by atoms with Gasteiger partial charge in [0.15, 0.2) is 11.5 Å². The summed E-state index contributed by atoms with van der Waals surface area (Å²) in [5, 5.41) is 0.276. The second-order valence-electron chi connectivity index (χ2n) is 3.55. The van der Waals surface area contributed by atoms with Gasteiger partial charge in [0.25, 0.3) is 5.92 Å². The number of nitrogens with two attached hydrogens (primary N) is 1. The van der Waals surface area contributed by atoms with E-state index in [4.69, 9.17) is 26.8 Å². The maximum atomic E-state index is 13.1. The van der Waals surface area contributed by atoms with Gasteiger partial charge in [0, 0.05) is 6.42 Å². The van der Waals surface area contributed by atoms with Gasteiger partial charge in [-0.1, -0.05) is 11.6 Å². The first kappa shape index (κ1) is 11.4. The molecule has 1 aromatic rings. The molecule has 0 aliphatic carbocycles. The predicted molar refractivity (Wildman–Crippen MR) is 55.3 cm³/mol. The van der Waals surface area contributed by atoms with E-state index < -0.39 is 18.9 Å². The van der Waals surface area contributed by atoms with Crippen molar-refractivity contribution >= 4 is 11.6 Å². The Morgan fingerprint density at radius 2 is 2.12 bits per heavy atom. The number of hydrogen-bond acceptors (Lipinski definition) is 3. The molecule has 1 aliphatic rings. The molecule has 6 heteroatoms. The molecule has 16 heavy (non-hydrogen) atoms. The van der Waals surface area contributed by atoms with Gasteiger partial charge in [-0.25, -0.2) is 8.78 Å². The van der Waals surface area contributed by atoms with Crippen molar-refractivity contribution < 1.29 is 18.3 Å². The summed E-state index contributed by atoms with van der Waals surface area (Å²) in [6, 6.07) is 2.94. The number of alkyl halides is 2. The van der Waals surface area contributed by atoms with E-state index >= 15 is 0 Å². The van der Waals surface area contributed by atoms with Crippen LogP contribution in [0, 0.1) is 0 Å². The summed E-state index contributed by atoms with van der Waals surface area (Å²) < 4.78 is 36.3. The van der Waals surface area contributed by atoms with Gasteiger partial charge in [-0.15, -0.1) is 0 Å². The number of hydrogen-bond donors (Lipinski definition) is 1. The Kier molecular flexibility index (Phi) is 2.90. The van der Waals surface area contributed by atoms with E-state index in [0.717, 1.165) is 0 Å². The third-order valence-corrected chi connectivity index (χ3v) is 2.53. The second-order valence-corrected chi connectivity index (χ2v) is 3.96. The molecular weight excluding hydrogens is 240 g/mol. The van der Waals surface area contributed by atoms with Crippen LogP contribution >= 0.6 is 11.6 Å². The van der Waals surface area contributed by atoms with Crippen molar-refractivity contribution in [2.45, 2.75) is 12.3 Å². The molecule has 0 bridgehead atoms. The summed E-state index contributed by atoms with van der Waals surface area (Å²) in [6.45, 7) is -0.634. The molecule has 2 rings (SSSR count). The van der Waals surface area contributed by atoms with Crippen LogP contribution in [0.1, 0.15) is 5.56 Å². The van der Waals surface area contributed by atoms with E-state index in [-0.39, 0.29) is 11.8 Å². The van der Waals surface area contributed by atoms with Crippen molar-refractivity contribution in [1.29, 1.82) is 0 Å². The fourth-order valence-electron chi connectivity index (χ4n) is 1.49. The lowest BCUT2D eigenvalue weighted by Gasteiger charge is -2.14. The molecule has 0 unspecified atom stereocenters. The molecule has 0 saturated heterocycles. The van der Waals surface area contributed by atoms with Crippen LogP contribution in [0.15, 0.2) is 12.1 Å². The highest BCUT2D eigenvalue weighted by Crippen LogP contribution is 2.40. The highest BCUT2D eigenvalue weighted by atomic mass is 35.5. The summed E-state index contributed by atoms with van der Waals surface area (Å²) in [6.07, 6.45) is -0.458. The molecule has 1 aromatic carbocycles. The molecule has 88 valence electrons. The third kappa shape index (κ3) is 2.20. The van der Waals surface area contributed by atoms with Crippen molar-refractivity contribution in [3.63, 3.8) is 0 Å². The Morgan fingerprint density at radius 1 is 1.38 bits per heavy atom. The minimum atomic E-state index is -2.93. The normalized spacial score (nSPS) is 14.2. The predicted octanol–water partition coefficient (Wildman–Crippen LogP) is 2.21. The van der Waals surface area contributed by atoms with Crippen LogP contribution in [0.2, 0.25) is 5.02 Å². The van der Waals surface area contributed by atoms with Gasteiger partial charge in [0.05, 0.1) is 11.6 Å². The minimum absolute atomic E-state index is 0.0613. The van der Waals surface area contributed by atoms with Crippen LogP contribution in [0.25, 0.3) is 0 Å². The molecule has 3 nitrogen and oxygen atoms in total. The number of ether oxygens (including phenoxy) is 2. The Balaban J connectivity index is 2.27. The topological polar surface area (TPSA) is 44.5 Å². The van der Waals surface area contributed by atoms with Crippen LogP contribution in [-0.2, 0) is 6.42 Å². The lowest BCUT2D eigenvalue weighted by Crippen LogP contribution is -2.30. The van der Waals surface area contributed by atoms with Crippen molar-refractivity contribution in [2.24, 2.45) is 5.73 Å². The Morgan fingerprint density at radius 3 is 2.81 bits per heavy atom. The molecule has 1 aliphatic heterocycles. The summed E-state index contributed by atoms with van der Waals surface area (Å²) in [4.78, 5) is 0. The van der Waals surface area contributed by atoms with Gasteiger partial charge in [-0.2, -0.15) is 0 Å². The Bertz CT molecular complexity index is 412. The average Bonchev–Trinajstić information content (AvgIpc) is 2.65. The highest BCUT2D eigenvalue weighted by Gasteiger charge is 2.28. The van der Waals surface area contributed by atoms with Gasteiger partial charge in [0.2, 0.25) is 6.79 Å². The molecule has 0 radical (unpaired) electrons. The lowest BCUT2D eigenvalue weighted by atomic mass is 10.1. The average molecular weight is 250 g/mol. The first-order chi connectivity index (χ1) is 7.52. The molecule has 2 N–H and O–H groups in total. The number of halogens is 3. The zero-order valence-electron chi connectivity index (χ0n) is 8.30. The zero-order chi connectivity index (χ0) is 11.8. The van der Waals surface area contributed by atoms with E-state index in [1.807, 2.05) is 0 Å². The highest BCUT2D eigenvalue weighted by molar-refractivity contribution is 6.32. The van der Waals surface area contributed by atoms with Crippen LogP contribution in [-0.4, -0.2) is 19.3 Å². The molecule has 0 amide bonds. The largest absolute Gasteiger partial charge is 0.454 e. The van der Waals surface area contributed by atoms with E-state index in [9.17, 15) is 8.78 Å². The van der Waals surface area contributed by atoms with Gasteiger partial charge >= 0.3 is 0 Å². The standard InChI is InChI=1S/C10H10ClF2NO2/c11-7-1-6(3-10(12,13)4-14)2-8-9(7)16-5-15-8/h1-2H,3-5,14H2. The molecule has 0 aromatic heterocycles. The smallest absolute Gasteiger partial charge is 0.264 e. The van der Waals surface area contributed by atoms with E-state index in [0.29, 0.717) is 17.1 Å². The van der Waals surface area contributed by atoms with Gasteiger partial charge in [-0.3, -0.25) is 0 Å². The second kappa shape index (κ2) is 4.07. The van der Waals surface area contributed by atoms with Crippen molar-refractivity contribution in [3.8, 4) is 11.5 Å². The summed E-state index contributed by atoms with van der Waals surface area (Å²) >= 11 is 5.87. The number of fused-ring (bicyclic) bond motifs is 1. The van der Waals surface area contributed by atoms with E-state index in [1.54, 1.807) is 0 Å². The summed E-state index contributed by atoms with van der Waals surface area (Å²) in [5.41, 5.74) is 5.35. The first-order valence-electron chi connectivity index (χ1n) is 4.68. The number of rotatable bonds is 3. The maximum absolute atomic E-state index is 13.1. The van der Waals surface area contributed by atoms with Crippen LogP contribution < -0.4 is 15.2 Å². The minimum Gasteiger partial charge on any atom is -0.454 e. The van der Waals surface area contributed by atoms with Crippen LogP contribution in [0.5, 0.6) is 11.5 Å². The van der Waals surface area contributed by atoms with E-state index in [2.05, 4.69) is 0 Å². The molecule has 1 heterocycles.